The molecule has 18 heavy (non-hydrogen) atoms. The molecule has 1 atom stereocenters. The lowest BCUT2D eigenvalue weighted by Crippen LogP contribution is -2.18. The topological polar surface area (TPSA) is 44.5 Å². The minimum atomic E-state index is -4.47. The molecule has 6 heteroatoms. The molecule has 0 aromatic heterocycles. The summed E-state index contributed by atoms with van der Waals surface area (Å²) >= 11 is 0. The summed E-state index contributed by atoms with van der Waals surface area (Å²) in [5, 5.41) is 0. The van der Waals surface area contributed by atoms with Crippen molar-refractivity contribution < 1.29 is 22.6 Å². The van der Waals surface area contributed by atoms with Crippen LogP contribution in [0.2, 0.25) is 0 Å². The quantitative estimate of drug-likeness (QED) is 0.851. The van der Waals surface area contributed by atoms with Gasteiger partial charge in [-0.2, -0.15) is 13.2 Å². The maximum Gasteiger partial charge on any atom is 0.420 e. The first-order valence-electron chi connectivity index (χ1n) is 5.68. The smallest absolute Gasteiger partial charge is 0.420 e. The maximum absolute atomic E-state index is 12.8. The van der Waals surface area contributed by atoms with E-state index in [9.17, 15) is 13.2 Å². The second-order valence-electron chi connectivity index (χ2n) is 4.20. The summed E-state index contributed by atoms with van der Waals surface area (Å²) in [4.78, 5) is 0. The van der Waals surface area contributed by atoms with Crippen molar-refractivity contribution >= 4 is 5.69 Å². The van der Waals surface area contributed by atoms with Gasteiger partial charge in [0.05, 0.1) is 11.7 Å². The summed E-state index contributed by atoms with van der Waals surface area (Å²) in [7, 11) is 0. The van der Waals surface area contributed by atoms with Crippen molar-refractivity contribution in [1.29, 1.82) is 0 Å². The van der Waals surface area contributed by atoms with Crippen LogP contribution in [0.3, 0.4) is 0 Å². The largest absolute Gasteiger partial charge is 0.490 e. The third kappa shape index (κ3) is 3.07. The van der Waals surface area contributed by atoms with Crippen LogP contribution in [-0.4, -0.2) is 19.3 Å². The van der Waals surface area contributed by atoms with Crippen LogP contribution in [0.25, 0.3) is 0 Å². The van der Waals surface area contributed by atoms with Crippen LogP contribution in [0.1, 0.15) is 18.4 Å². The summed E-state index contributed by atoms with van der Waals surface area (Å²) in [5.41, 5.74) is 4.58. The highest BCUT2D eigenvalue weighted by Gasteiger charge is 2.34. The molecule has 1 aliphatic rings. The molecule has 0 spiro atoms. The van der Waals surface area contributed by atoms with Crippen LogP contribution in [0, 0.1) is 0 Å². The first-order chi connectivity index (χ1) is 8.47. The van der Waals surface area contributed by atoms with Gasteiger partial charge in [0, 0.05) is 12.3 Å². The zero-order valence-electron chi connectivity index (χ0n) is 9.67. The number of nitrogen functional groups attached to an aromatic ring is 1. The first-order valence-corrected chi connectivity index (χ1v) is 5.68. The molecule has 1 unspecified atom stereocenters. The van der Waals surface area contributed by atoms with E-state index in [4.69, 9.17) is 15.2 Å². The predicted octanol–water partition coefficient (Wildman–Crippen LogP) is 2.85. The standard InChI is InChI=1S/C12H14F3NO2/c13-12(14,15)10-6-8(16)3-4-11(10)18-7-9-2-1-5-17-9/h3-4,6,9H,1-2,5,7,16H2. The molecule has 0 saturated carbocycles. The highest BCUT2D eigenvalue weighted by atomic mass is 19.4. The van der Waals surface area contributed by atoms with Gasteiger partial charge in [-0.05, 0) is 31.0 Å². The van der Waals surface area contributed by atoms with Crippen LogP contribution in [0.5, 0.6) is 5.75 Å². The molecule has 1 aromatic carbocycles. The Balaban J connectivity index is 2.11. The molecule has 0 bridgehead atoms. The van der Waals surface area contributed by atoms with Crippen molar-refractivity contribution in [3.05, 3.63) is 23.8 Å². The fourth-order valence-electron chi connectivity index (χ4n) is 1.85. The molecular weight excluding hydrogens is 247 g/mol. The SMILES string of the molecule is Nc1ccc(OCC2CCCO2)c(C(F)(F)F)c1. The lowest BCUT2D eigenvalue weighted by atomic mass is 10.1. The molecule has 2 N–H and O–H groups in total. The zero-order chi connectivity index (χ0) is 13.2. The number of alkyl halides is 3. The summed E-state index contributed by atoms with van der Waals surface area (Å²) in [5.74, 6) is -0.202. The molecule has 1 aliphatic heterocycles. The molecule has 100 valence electrons. The normalized spacial score (nSPS) is 20.1. The molecule has 1 heterocycles. The minimum Gasteiger partial charge on any atom is -0.490 e. The van der Waals surface area contributed by atoms with Gasteiger partial charge in [0.15, 0.2) is 0 Å². The Morgan fingerprint density at radius 2 is 2.17 bits per heavy atom. The zero-order valence-corrected chi connectivity index (χ0v) is 9.67. The van der Waals surface area contributed by atoms with E-state index < -0.39 is 11.7 Å². The van der Waals surface area contributed by atoms with E-state index in [-0.39, 0.29) is 24.1 Å². The van der Waals surface area contributed by atoms with Crippen molar-refractivity contribution in [1.82, 2.24) is 0 Å². The van der Waals surface area contributed by atoms with Crippen molar-refractivity contribution in [3.8, 4) is 5.75 Å². The fraction of sp³-hybridized carbons (Fsp3) is 0.500. The Kier molecular flexibility index (Phi) is 3.65. The number of anilines is 1. The Morgan fingerprint density at radius 3 is 2.78 bits per heavy atom. The second-order valence-corrected chi connectivity index (χ2v) is 4.20. The Morgan fingerprint density at radius 1 is 1.39 bits per heavy atom. The molecule has 1 fully saturated rings. The predicted molar refractivity (Wildman–Crippen MR) is 60.3 cm³/mol. The highest BCUT2D eigenvalue weighted by Crippen LogP contribution is 2.37. The van der Waals surface area contributed by atoms with Gasteiger partial charge in [0.2, 0.25) is 0 Å². The Labute approximate surface area is 103 Å². The lowest BCUT2D eigenvalue weighted by molar-refractivity contribution is -0.139. The summed E-state index contributed by atoms with van der Waals surface area (Å²) < 4.78 is 48.8. The van der Waals surface area contributed by atoms with Gasteiger partial charge in [-0.25, -0.2) is 0 Å². The molecular formula is C12H14F3NO2. The van der Waals surface area contributed by atoms with Gasteiger partial charge < -0.3 is 15.2 Å². The van der Waals surface area contributed by atoms with Gasteiger partial charge >= 0.3 is 6.18 Å². The monoisotopic (exact) mass is 261 g/mol. The third-order valence-electron chi connectivity index (χ3n) is 2.76. The van der Waals surface area contributed by atoms with E-state index in [1.807, 2.05) is 0 Å². The van der Waals surface area contributed by atoms with Gasteiger partial charge in [0.1, 0.15) is 12.4 Å². The number of ether oxygens (including phenoxy) is 2. The van der Waals surface area contributed by atoms with Crippen LogP contribution in [0.4, 0.5) is 18.9 Å². The van der Waals surface area contributed by atoms with E-state index >= 15 is 0 Å². The number of benzene rings is 1. The molecule has 1 aromatic rings. The highest BCUT2D eigenvalue weighted by molar-refractivity contribution is 5.49. The molecule has 0 aliphatic carbocycles. The first kappa shape index (κ1) is 13.0. The van der Waals surface area contributed by atoms with E-state index in [1.54, 1.807) is 0 Å². The molecule has 0 amide bonds. The average molecular weight is 261 g/mol. The fourth-order valence-corrected chi connectivity index (χ4v) is 1.85. The summed E-state index contributed by atoms with van der Waals surface area (Å²) in [6, 6.07) is 3.51. The van der Waals surface area contributed by atoms with Crippen LogP contribution < -0.4 is 10.5 Å². The molecule has 2 rings (SSSR count). The summed E-state index contributed by atoms with van der Waals surface area (Å²) in [6.07, 6.45) is -2.86. The van der Waals surface area contributed by atoms with E-state index in [0.29, 0.717) is 6.61 Å². The number of rotatable bonds is 3. The van der Waals surface area contributed by atoms with E-state index in [2.05, 4.69) is 0 Å². The van der Waals surface area contributed by atoms with E-state index in [0.717, 1.165) is 18.9 Å². The lowest BCUT2D eigenvalue weighted by Gasteiger charge is -2.16. The Bertz CT molecular complexity index is 414. The van der Waals surface area contributed by atoms with Crippen LogP contribution in [-0.2, 0) is 10.9 Å². The average Bonchev–Trinajstić information content (AvgIpc) is 2.79. The van der Waals surface area contributed by atoms with Crippen molar-refractivity contribution in [2.75, 3.05) is 18.9 Å². The second kappa shape index (κ2) is 5.06. The van der Waals surface area contributed by atoms with Gasteiger partial charge in [-0.1, -0.05) is 0 Å². The van der Waals surface area contributed by atoms with Crippen LogP contribution >= 0.6 is 0 Å². The van der Waals surface area contributed by atoms with Gasteiger partial charge in [0.25, 0.3) is 0 Å². The van der Waals surface area contributed by atoms with Crippen LogP contribution in [0.15, 0.2) is 18.2 Å². The number of hydrogen-bond donors (Lipinski definition) is 1. The molecule has 0 radical (unpaired) electrons. The van der Waals surface area contributed by atoms with Crippen molar-refractivity contribution in [3.63, 3.8) is 0 Å². The van der Waals surface area contributed by atoms with Crippen molar-refractivity contribution in [2.24, 2.45) is 0 Å². The van der Waals surface area contributed by atoms with Gasteiger partial charge in [-0.3, -0.25) is 0 Å². The molecule has 1 saturated heterocycles. The van der Waals surface area contributed by atoms with E-state index in [1.165, 1.54) is 12.1 Å². The number of hydrogen-bond acceptors (Lipinski definition) is 3. The third-order valence-corrected chi connectivity index (χ3v) is 2.76. The summed E-state index contributed by atoms with van der Waals surface area (Å²) in [6.45, 7) is 0.773. The maximum atomic E-state index is 12.8. The van der Waals surface area contributed by atoms with Gasteiger partial charge in [-0.15, -0.1) is 0 Å². The molecule has 3 nitrogen and oxygen atoms in total. The Hall–Kier alpha value is -1.43. The number of nitrogens with two attached hydrogens (primary N) is 1. The van der Waals surface area contributed by atoms with Crippen molar-refractivity contribution in [2.45, 2.75) is 25.1 Å². The number of halogens is 3. The minimum absolute atomic E-state index is 0.0618.